The Labute approximate surface area is 84.2 Å². The molecule has 0 aliphatic carbocycles. The summed E-state index contributed by atoms with van der Waals surface area (Å²) in [6.07, 6.45) is -4.98. The van der Waals surface area contributed by atoms with Crippen LogP contribution in [0.15, 0.2) is 11.4 Å². The van der Waals surface area contributed by atoms with Gasteiger partial charge in [-0.1, -0.05) is 6.92 Å². The minimum Gasteiger partial charge on any atom is -0.376 e. The molecule has 1 rings (SSSR count). The molecular weight excluding hydrogens is 213 g/mol. The number of alkyl halides is 3. The van der Waals surface area contributed by atoms with Crippen LogP contribution in [-0.2, 0) is 5.60 Å². The van der Waals surface area contributed by atoms with E-state index in [-0.39, 0.29) is 11.3 Å². The first-order valence-corrected chi connectivity index (χ1v) is 5.04. The number of rotatable bonds is 2. The Balaban J connectivity index is 3.22. The fourth-order valence-corrected chi connectivity index (χ4v) is 2.40. The second-order valence-electron chi connectivity index (χ2n) is 3.14. The molecule has 1 aromatic rings. The Morgan fingerprint density at radius 3 is 2.29 bits per heavy atom. The fourth-order valence-electron chi connectivity index (χ4n) is 1.29. The third kappa shape index (κ3) is 1.66. The molecule has 0 saturated carbocycles. The Morgan fingerprint density at radius 2 is 2.00 bits per heavy atom. The van der Waals surface area contributed by atoms with Crippen molar-refractivity contribution in [2.24, 2.45) is 0 Å². The molecular formula is C9H11F3OS. The lowest BCUT2D eigenvalue weighted by Gasteiger charge is -2.29. The lowest BCUT2D eigenvalue weighted by molar-refractivity contribution is -0.266. The molecule has 80 valence electrons. The molecule has 0 aliphatic heterocycles. The molecule has 0 radical (unpaired) electrons. The number of aliphatic hydroxyl groups is 1. The van der Waals surface area contributed by atoms with Crippen LogP contribution in [0.25, 0.3) is 0 Å². The van der Waals surface area contributed by atoms with Crippen LogP contribution >= 0.6 is 11.3 Å². The molecule has 1 heterocycles. The van der Waals surface area contributed by atoms with Gasteiger partial charge in [-0.3, -0.25) is 0 Å². The third-order valence-corrected chi connectivity index (χ3v) is 3.39. The van der Waals surface area contributed by atoms with E-state index in [1.807, 2.05) is 0 Å². The normalized spacial score (nSPS) is 16.7. The van der Waals surface area contributed by atoms with Crippen molar-refractivity contribution in [2.45, 2.75) is 32.0 Å². The maximum absolute atomic E-state index is 12.6. The standard InChI is InChI=1S/C9H11F3OS/c1-3-8(13,9(10,11)12)7-6(2)4-5-14-7/h4-5,13H,3H2,1-2H3. The van der Waals surface area contributed by atoms with Crippen molar-refractivity contribution in [3.05, 3.63) is 21.9 Å². The maximum Gasteiger partial charge on any atom is 0.422 e. The van der Waals surface area contributed by atoms with E-state index in [2.05, 4.69) is 0 Å². The second kappa shape index (κ2) is 3.55. The van der Waals surface area contributed by atoms with Crippen LogP contribution in [0.4, 0.5) is 13.2 Å². The topological polar surface area (TPSA) is 20.2 Å². The highest BCUT2D eigenvalue weighted by molar-refractivity contribution is 7.10. The summed E-state index contributed by atoms with van der Waals surface area (Å²) in [5, 5.41) is 11.1. The van der Waals surface area contributed by atoms with Crippen LogP contribution in [0, 0.1) is 6.92 Å². The molecule has 0 aliphatic rings. The van der Waals surface area contributed by atoms with Crippen molar-refractivity contribution in [2.75, 3.05) is 0 Å². The maximum atomic E-state index is 12.6. The quantitative estimate of drug-likeness (QED) is 0.817. The van der Waals surface area contributed by atoms with Crippen molar-refractivity contribution < 1.29 is 18.3 Å². The molecule has 0 fully saturated rings. The number of aryl methyl sites for hydroxylation is 1. The molecule has 0 spiro atoms. The van der Waals surface area contributed by atoms with Crippen LogP contribution in [0.3, 0.4) is 0 Å². The minimum absolute atomic E-state index is 0.00694. The van der Waals surface area contributed by atoms with E-state index in [0.717, 1.165) is 11.3 Å². The molecule has 0 saturated heterocycles. The molecule has 1 N–H and O–H groups in total. The van der Waals surface area contributed by atoms with Gasteiger partial charge in [0.05, 0.1) is 0 Å². The van der Waals surface area contributed by atoms with E-state index in [4.69, 9.17) is 0 Å². The van der Waals surface area contributed by atoms with Gasteiger partial charge in [0.15, 0.2) is 5.60 Å². The van der Waals surface area contributed by atoms with Gasteiger partial charge in [0.1, 0.15) is 0 Å². The van der Waals surface area contributed by atoms with Gasteiger partial charge in [0.25, 0.3) is 0 Å². The highest BCUT2D eigenvalue weighted by Gasteiger charge is 2.54. The zero-order chi connectivity index (χ0) is 11.0. The van der Waals surface area contributed by atoms with E-state index in [1.54, 1.807) is 18.4 Å². The lowest BCUT2D eigenvalue weighted by atomic mass is 9.95. The molecule has 0 bridgehead atoms. The van der Waals surface area contributed by atoms with Gasteiger partial charge >= 0.3 is 6.18 Å². The van der Waals surface area contributed by atoms with E-state index in [1.165, 1.54) is 6.92 Å². The Bertz CT molecular complexity index is 318. The van der Waals surface area contributed by atoms with Gasteiger partial charge in [0.2, 0.25) is 0 Å². The lowest BCUT2D eigenvalue weighted by Crippen LogP contribution is -2.41. The molecule has 1 unspecified atom stereocenters. The Kier molecular flexibility index (Phi) is 2.92. The first kappa shape index (κ1) is 11.5. The molecule has 1 nitrogen and oxygen atoms in total. The summed E-state index contributed by atoms with van der Waals surface area (Å²) < 4.78 is 37.8. The van der Waals surface area contributed by atoms with Crippen molar-refractivity contribution in [1.29, 1.82) is 0 Å². The van der Waals surface area contributed by atoms with Gasteiger partial charge in [-0.2, -0.15) is 13.2 Å². The Morgan fingerprint density at radius 1 is 1.43 bits per heavy atom. The van der Waals surface area contributed by atoms with Crippen molar-refractivity contribution in [3.63, 3.8) is 0 Å². The molecule has 1 atom stereocenters. The molecule has 1 aromatic heterocycles. The van der Waals surface area contributed by atoms with Crippen molar-refractivity contribution in [3.8, 4) is 0 Å². The van der Waals surface area contributed by atoms with Crippen LogP contribution in [0.1, 0.15) is 23.8 Å². The molecule has 0 amide bonds. The first-order chi connectivity index (χ1) is 6.33. The van der Waals surface area contributed by atoms with Crippen LogP contribution in [0.5, 0.6) is 0 Å². The summed E-state index contributed by atoms with van der Waals surface area (Å²) >= 11 is 0.938. The summed E-state index contributed by atoms with van der Waals surface area (Å²) in [6.45, 7) is 2.89. The number of hydrogen-bond donors (Lipinski definition) is 1. The zero-order valence-corrected chi connectivity index (χ0v) is 8.67. The second-order valence-corrected chi connectivity index (χ2v) is 4.06. The van der Waals surface area contributed by atoms with Gasteiger partial charge in [-0.25, -0.2) is 0 Å². The van der Waals surface area contributed by atoms with Gasteiger partial charge in [-0.15, -0.1) is 11.3 Å². The average Bonchev–Trinajstić information content (AvgIpc) is 2.48. The molecule has 14 heavy (non-hydrogen) atoms. The van der Waals surface area contributed by atoms with E-state index >= 15 is 0 Å². The van der Waals surface area contributed by atoms with Crippen LogP contribution in [0.2, 0.25) is 0 Å². The third-order valence-electron chi connectivity index (χ3n) is 2.22. The van der Waals surface area contributed by atoms with E-state index in [0.29, 0.717) is 5.56 Å². The smallest absolute Gasteiger partial charge is 0.376 e. The van der Waals surface area contributed by atoms with Gasteiger partial charge in [0, 0.05) is 4.88 Å². The number of hydrogen-bond acceptors (Lipinski definition) is 2. The highest BCUT2D eigenvalue weighted by atomic mass is 32.1. The van der Waals surface area contributed by atoms with Crippen molar-refractivity contribution >= 4 is 11.3 Å². The summed E-state index contributed by atoms with van der Waals surface area (Å²) in [5.41, 5.74) is -2.21. The fraction of sp³-hybridized carbons (Fsp3) is 0.556. The summed E-state index contributed by atoms with van der Waals surface area (Å²) in [7, 11) is 0. The summed E-state index contributed by atoms with van der Waals surface area (Å²) in [6, 6.07) is 1.58. The SMILES string of the molecule is CCC(O)(c1sccc1C)C(F)(F)F. The monoisotopic (exact) mass is 224 g/mol. The predicted molar refractivity (Wildman–Crippen MR) is 49.3 cm³/mol. The van der Waals surface area contributed by atoms with Crippen molar-refractivity contribution in [1.82, 2.24) is 0 Å². The zero-order valence-electron chi connectivity index (χ0n) is 7.85. The van der Waals surface area contributed by atoms with E-state index < -0.39 is 11.8 Å². The van der Waals surface area contributed by atoms with Crippen LogP contribution in [-0.4, -0.2) is 11.3 Å². The van der Waals surface area contributed by atoms with Gasteiger partial charge < -0.3 is 5.11 Å². The van der Waals surface area contributed by atoms with Crippen LogP contribution < -0.4 is 0 Å². The first-order valence-electron chi connectivity index (χ1n) is 4.16. The molecule has 0 aromatic carbocycles. The average molecular weight is 224 g/mol. The Hall–Kier alpha value is -0.550. The number of thiophene rings is 1. The van der Waals surface area contributed by atoms with Gasteiger partial charge in [-0.05, 0) is 30.4 Å². The minimum atomic E-state index is -4.61. The molecule has 5 heteroatoms. The summed E-state index contributed by atoms with van der Waals surface area (Å²) in [4.78, 5) is -0.00694. The largest absolute Gasteiger partial charge is 0.422 e. The number of halogens is 3. The predicted octanol–water partition coefficient (Wildman–Crippen LogP) is 3.22. The summed E-state index contributed by atoms with van der Waals surface area (Å²) in [5.74, 6) is 0. The van der Waals surface area contributed by atoms with E-state index in [9.17, 15) is 18.3 Å². The highest BCUT2D eigenvalue weighted by Crippen LogP contribution is 2.44.